The van der Waals surface area contributed by atoms with E-state index in [1.54, 1.807) is 11.3 Å². The van der Waals surface area contributed by atoms with Crippen LogP contribution in [0.1, 0.15) is 35.8 Å². The zero-order valence-electron chi connectivity index (χ0n) is 17.7. The molecule has 1 saturated heterocycles. The molecule has 0 aliphatic carbocycles. The van der Waals surface area contributed by atoms with Crippen molar-refractivity contribution in [1.82, 2.24) is 19.7 Å². The van der Waals surface area contributed by atoms with Gasteiger partial charge in [0.15, 0.2) is 11.0 Å². The second-order valence-electron chi connectivity index (χ2n) is 7.75. The summed E-state index contributed by atoms with van der Waals surface area (Å²) in [5.41, 5.74) is 2.48. The Hall–Kier alpha value is -2.54. The molecule has 3 aromatic rings. The van der Waals surface area contributed by atoms with E-state index in [9.17, 15) is 5.26 Å². The van der Waals surface area contributed by atoms with Crippen molar-refractivity contribution in [2.75, 3.05) is 31.2 Å². The lowest BCUT2D eigenvalue weighted by Gasteiger charge is -2.26. The Morgan fingerprint density at radius 3 is 2.66 bits per heavy atom. The number of allylic oxidation sites excluding steroid dienone is 1. The van der Waals surface area contributed by atoms with E-state index in [0.29, 0.717) is 24.6 Å². The Morgan fingerprint density at radius 2 is 1.88 bits per heavy atom. The average Bonchev–Trinajstić information content (AvgIpc) is 3.35. The molecule has 2 aliphatic heterocycles. The molecule has 0 N–H and O–H groups in total. The number of aromatic nitrogens is 4. The van der Waals surface area contributed by atoms with Crippen molar-refractivity contribution in [3.05, 3.63) is 46.9 Å². The first-order valence-corrected chi connectivity index (χ1v) is 11.6. The number of rotatable bonds is 4. The van der Waals surface area contributed by atoms with Gasteiger partial charge in [-0.15, -0.1) is 27.2 Å². The van der Waals surface area contributed by atoms with Crippen LogP contribution >= 0.6 is 28.3 Å². The highest BCUT2D eigenvalue weighted by Gasteiger charge is 2.22. The molecule has 2 aliphatic rings. The van der Waals surface area contributed by atoms with Crippen molar-refractivity contribution in [3.63, 3.8) is 0 Å². The van der Waals surface area contributed by atoms with Crippen LogP contribution in [0.25, 0.3) is 22.9 Å². The third kappa shape index (κ3) is 4.63. The summed E-state index contributed by atoms with van der Waals surface area (Å²) in [6.45, 7) is 3.94. The van der Waals surface area contributed by atoms with E-state index in [1.807, 2.05) is 24.3 Å². The third-order valence-electron chi connectivity index (χ3n) is 5.72. The molecule has 0 bridgehead atoms. The minimum absolute atomic E-state index is 0. The third-order valence-corrected chi connectivity index (χ3v) is 6.78. The van der Waals surface area contributed by atoms with Gasteiger partial charge in [0.2, 0.25) is 0 Å². The monoisotopic (exact) mass is 512 g/mol. The molecule has 7 nitrogen and oxygen atoms in total. The van der Waals surface area contributed by atoms with Gasteiger partial charge in [0.1, 0.15) is 11.9 Å². The largest absolute Gasteiger partial charge is 0.378 e. The van der Waals surface area contributed by atoms with Gasteiger partial charge in [0, 0.05) is 31.6 Å². The number of morpholine rings is 1. The summed E-state index contributed by atoms with van der Waals surface area (Å²) < 4.78 is 7.62. The van der Waals surface area contributed by atoms with E-state index in [-0.39, 0.29) is 17.0 Å². The van der Waals surface area contributed by atoms with Crippen LogP contribution in [0.5, 0.6) is 0 Å². The van der Waals surface area contributed by atoms with Crippen LogP contribution in [-0.4, -0.2) is 46.1 Å². The second kappa shape index (κ2) is 10.4. The number of anilines is 1. The molecular weight excluding hydrogens is 488 g/mol. The lowest BCUT2D eigenvalue weighted by Crippen LogP contribution is -2.36. The zero-order valence-corrected chi connectivity index (χ0v) is 20.3. The molecule has 0 atom stereocenters. The molecule has 5 rings (SSSR count). The van der Waals surface area contributed by atoms with Crippen molar-refractivity contribution in [2.45, 2.75) is 32.2 Å². The van der Waals surface area contributed by atoms with Gasteiger partial charge in [-0.1, -0.05) is 48.1 Å². The fourth-order valence-corrected chi connectivity index (χ4v) is 5.16. The summed E-state index contributed by atoms with van der Waals surface area (Å²) in [6.07, 6.45) is 6.26. The quantitative estimate of drug-likeness (QED) is 0.475. The van der Waals surface area contributed by atoms with Gasteiger partial charge in [0.25, 0.3) is 0 Å². The van der Waals surface area contributed by atoms with E-state index < -0.39 is 0 Å². The lowest BCUT2D eigenvalue weighted by molar-refractivity contribution is 0.122. The molecule has 9 heteroatoms. The highest BCUT2D eigenvalue weighted by atomic mass is 79.9. The van der Waals surface area contributed by atoms with Gasteiger partial charge in [0.05, 0.1) is 29.4 Å². The number of nitriles is 1. The molecule has 0 saturated carbocycles. The number of aryl methyl sites for hydroxylation is 1. The Labute approximate surface area is 202 Å². The van der Waals surface area contributed by atoms with Crippen LogP contribution < -0.4 is 4.90 Å². The molecule has 1 fully saturated rings. The molecule has 1 aromatic carbocycles. The van der Waals surface area contributed by atoms with E-state index in [1.165, 1.54) is 6.42 Å². The number of ether oxygens (including phenoxy) is 1. The molecule has 0 radical (unpaired) electrons. The van der Waals surface area contributed by atoms with Gasteiger partial charge in [-0.05, 0) is 18.9 Å². The minimum atomic E-state index is 0. The summed E-state index contributed by atoms with van der Waals surface area (Å²) in [5.74, 6) is 1.65. The number of hydrogen-bond donors (Lipinski definition) is 0. The number of fused-ring (bicyclic) bond motifs is 1. The van der Waals surface area contributed by atoms with Gasteiger partial charge in [-0.25, -0.2) is 4.98 Å². The Bertz CT molecular complexity index is 1130. The Morgan fingerprint density at radius 1 is 1.06 bits per heavy atom. The van der Waals surface area contributed by atoms with Crippen molar-refractivity contribution in [2.24, 2.45) is 0 Å². The Balaban J connectivity index is 0.00000245. The van der Waals surface area contributed by atoms with Crippen molar-refractivity contribution in [3.8, 4) is 17.3 Å². The van der Waals surface area contributed by atoms with E-state index in [0.717, 1.165) is 66.0 Å². The molecule has 166 valence electrons. The van der Waals surface area contributed by atoms with Crippen LogP contribution in [0.2, 0.25) is 0 Å². The van der Waals surface area contributed by atoms with Crippen molar-refractivity contribution < 1.29 is 4.74 Å². The molecule has 2 aromatic heterocycles. The van der Waals surface area contributed by atoms with E-state index in [2.05, 4.69) is 37.9 Å². The van der Waals surface area contributed by atoms with Crippen LogP contribution in [0.15, 0.2) is 30.3 Å². The van der Waals surface area contributed by atoms with Gasteiger partial charge in [-0.3, -0.25) is 0 Å². The predicted octanol–water partition coefficient (Wildman–Crippen LogP) is 4.61. The van der Waals surface area contributed by atoms with Crippen LogP contribution in [0, 0.1) is 11.3 Å². The van der Waals surface area contributed by atoms with Crippen LogP contribution in [-0.2, 0) is 17.7 Å². The number of thiazole rings is 1. The molecule has 0 amide bonds. The Kier molecular flexibility index (Phi) is 7.35. The molecule has 4 heterocycles. The second-order valence-corrected chi connectivity index (χ2v) is 8.76. The maximum absolute atomic E-state index is 10.0. The first-order valence-electron chi connectivity index (χ1n) is 10.8. The number of hydrogen-bond acceptors (Lipinski definition) is 7. The first kappa shape index (κ1) is 22.6. The number of halogens is 1. The minimum Gasteiger partial charge on any atom is -0.378 e. The number of nitrogens with zero attached hydrogens (tertiary/aromatic N) is 6. The predicted molar refractivity (Wildman–Crippen MR) is 132 cm³/mol. The lowest BCUT2D eigenvalue weighted by atomic mass is 10.1. The maximum Gasteiger partial charge on any atom is 0.186 e. The molecule has 32 heavy (non-hydrogen) atoms. The summed E-state index contributed by atoms with van der Waals surface area (Å²) in [7, 11) is 0. The summed E-state index contributed by atoms with van der Waals surface area (Å²) in [5, 5.41) is 19.7. The SMILES string of the molecule is Br.N#C/C(=C/c1sc(N2CCOCC2)nc1-c1ccccc1)c1nnc2n1CCCCC2. The van der Waals surface area contributed by atoms with Crippen molar-refractivity contribution >= 4 is 45.1 Å². The average molecular weight is 513 g/mol. The van der Waals surface area contributed by atoms with Gasteiger partial charge >= 0.3 is 0 Å². The topological polar surface area (TPSA) is 79.9 Å². The number of benzene rings is 1. The summed E-state index contributed by atoms with van der Waals surface area (Å²) in [4.78, 5) is 8.19. The normalized spacial score (nSPS) is 16.6. The smallest absolute Gasteiger partial charge is 0.186 e. The summed E-state index contributed by atoms with van der Waals surface area (Å²) >= 11 is 1.62. The molecule has 0 spiro atoms. The van der Waals surface area contributed by atoms with Gasteiger partial charge in [-0.2, -0.15) is 5.26 Å². The van der Waals surface area contributed by atoms with E-state index >= 15 is 0 Å². The van der Waals surface area contributed by atoms with E-state index in [4.69, 9.17) is 9.72 Å². The standard InChI is InChI=1S/C23H24N6OS.BrH/c24-16-18(22-27-26-20-9-5-2-6-10-29(20)22)15-19-21(17-7-3-1-4-8-17)25-23(31-19)28-11-13-30-14-12-28;/h1,3-4,7-8,15H,2,5-6,9-14H2;1H/b18-15-;. The van der Waals surface area contributed by atoms with Crippen LogP contribution in [0.4, 0.5) is 5.13 Å². The highest BCUT2D eigenvalue weighted by Crippen LogP contribution is 2.36. The fraction of sp³-hybridized carbons (Fsp3) is 0.391. The van der Waals surface area contributed by atoms with Crippen molar-refractivity contribution in [1.29, 1.82) is 5.26 Å². The molecular formula is C23H25BrN6OS. The molecule has 0 unspecified atom stereocenters. The maximum atomic E-state index is 10.0. The van der Waals surface area contributed by atoms with Gasteiger partial charge < -0.3 is 14.2 Å². The highest BCUT2D eigenvalue weighted by molar-refractivity contribution is 8.93. The first-order chi connectivity index (χ1) is 15.3. The van der Waals surface area contributed by atoms with Crippen LogP contribution in [0.3, 0.4) is 0 Å². The fourth-order valence-electron chi connectivity index (χ4n) is 4.07. The zero-order chi connectivity index (χ0) is 21.0. The summed E-state index contributed by atoms with van der Waals surface area (Å²) in [6, 6.07) is 12.5.